The number of rotatable bonds is 6. The van der Waals surface area contributed by atoms with Crippen molar-refractivity contribution in [2.24, 2.45) is 11.5 Å². The summed E-state index contributed by atoms with van der Waals surface area (Å²) in [6.45, 7) is 0. The Bertz CT molecular complexity index is 569. The molecule has 1 unspecified atom stereocenters. The molecule has 0 radical (unpaired) electrons. The molecule has 112 valence electrons. The van der Waals surface area contributed by atoms with E-state index in [9.17, 15) is 14.4 Å². The summed E-state index contributed by atoms with van der Waals surface area (Å²) in [6, 6.07) is 5.79. The quantitative estimate of drug-likeness (QED) is 0.574. The molecule has 1 aromatic carbocycles. The number of primary amides is 1. The zero-order valence-corrected chi connectivity index (χ0v) is 11.5. The zero-order valence-electron chi connectivity index (χ0n) is 11.5. The lowest BCUT2D eigenvalue weighted by atomic mass is 10.1. The second kappa shape index (κ2) is 6.36. The third kappa shape index (κ3) is 4.57. The Kier molecular flexibility index (Phi) is 4.54. The number of amides is 3. The van der Waals surface area contributed by atoms with E-state index in [1.165, 1.54) is 0 Å². The van der Waals surface area contributed by atoms with Gasteiger partial charge >= 0.3 is 0 Å². The van der Waals surface area contributed by atoms with Gasteiger partial charge in [0.2, 0.25) is 11.8 Å². The van der Waals surface area contributed by atoms with Gasteiger partial charge in [-0.3, -0.25) is 14.4 Å². The van der Waals surface area contributed by atoms with E-state index in [1.807, 2.05) is 0 Å². The lowest BCUT2D eigenvalue weighted by molar-refractivity contribution is -0.123. The summed E-state index contributed by atoms with van der Waals surface area (Å²) in [7, 11) is 0. The van der Waals surface area contributed by atoms with E-state index in [-0.39, 0.29) is 18.4 Å². The molecule has 1 aromatic rings. The van der Waals surface area contributed by atoms with Gasteiger partial charge in [0, 0.05) is 17.3 Å². The molecular weight excluding hydrogens is 272 g/mol. The maximum Gasteiger partial charge on any atom is 0.251 e. The molecule has 1 saturated carbocycles. The summed E-state index contributed by atoms with van der Waals surface area (Å²) < 4.78 is 0. The Morgan fingerprint density at radius 3 is 2.62 bits per heavy atom. The monoisotopic (exact) mass is 290 g/mol. The van der Waals surface area contributed by atoms with E-state index >= 15 is 0 Å². The molecule has 1 fully saturated rings. The Morgan fingerprint density at radius 2 is 2.00 bits per heavy atom. The molecule has 0 saturated heterocycles. The van der Waals surface area contributed by atoms with Crippen molar-refractivity contribution in [1.82, 2.24) is 5.32 Å². The number of hydrogen-bond donors (Lipinski definition) is 4. The zero-order chi connectivity index (χ0) is 15.4. The topological polar surface area (TPSA) is 127 Å². The van der Waals surface area contributed by atoms with Crippen molar-refractivity contribution in [2.75, 3.05) is 5.32 Å². The van der Waals surface area contributed by atoms with E-state index in [0.29, 0.717) is 11.3 Å². The van der Waals surface area contributed by atoms with Gasteiger partial charge in [-0.1, -0.05) is 6.07 Å². The van der Waals surface area contributed by atoms with Crippen LogP contribution in [0.4, 0.5) is 5.69 Å². The number of nitrogens with two attached hydrogens (primary N) is 2. The summed E-state index contributed by atoms with van der Waals surface area (Å²) in [5.41, 5.74) is 11.4. The minimum absolute atomic E-state index is 0.171. The minimum atomic E-state index is -1.01. The average molecular weight is 290 g/mol. The van der Waals surface area contributed by atoms with Gasteiger partial charge in [0.05, 0.1) is 12.5 Å². The van der Waals surface area contributed by atoms with Gasteiger partial charge in [0.1, 0.15) is 0 Å². The van der Waals surface area contributed by atoms with Crippen LogP contribution in [-0.2, 0) is 9.59 Å². The molecule has 7 heteroatoms. The first-order valence-corrected chi connectivity index (χ1v) is 6.71. The van der Waals surface area contributed by atoms with Crippen LogP contribution in [0.3, 0.4) is 0 Å². The number of anilines is 1. The molecule has 0 heterocycles. The SMILES string of the molecule is NC(=O)CC(N)C(=O)Nc1cccc(C(=O)NC2CC2)c1. The van der Waals surface area contributed by atoms with Crippen LogP contribution in [0.2, 0.25) is 0 Å². The van der Waals surface area contributed by atoms with Crippen LogP contribution in [-0.4, -0.2) is 29.8 Å². The molecular formula is C14H18N4O3. The molecule has 2 rings (SSSR count). The standard InChI is InChI=1S/C14H18N4O3/c15-11(7-12(16)19)14(21)18-10-3-1-2-8(6-10)13(20)17-9-4-5-9/h1-3,6,9,11H,4-5,7,15H2,(H2,16,19)(H,17,20)(H,18,21). The van der Waals surface area contributed by atoms with Crippen molar-refractivity contribution in [1.29, 1.82) is 0 Å². The summed E-state index contributed by atoms with van der Waals surface area (Å²) in [6.07, 6.45) is 1.78. The minimum Gasteiger partial charge on any atom is -0.370 e. The van der Waals surface area contributed by atoms with Gasteiger partial charge in [-0.15, -0.1) is 0 Å². The van der Waals surface area contributed by atoms with Gasteiger partial charge in [-0.25, -0.2) is 0 Å². The van der Waals surface area contributed by atoms with Crippen LogP contribution in [0.25, 0.3) is 0 Å². The summed E-state index contributed by atoms with van der Waals surface area (Å²) in [5.74, 6) is -1.33. The Labute approximate surface area is 122 Å². The van der Waals surface area contributed by atoms with Crippen molar-refractivity contribution in [3.8, 4) is 0 Å². The number of hydrogen-bond acceptors (Lipinski definition) is 4. The molecule has 7 nitrogen and oxygen atoms in total. The highest BCUT2D eigenvalue weighted by Gasteiger charge is 2.24. The molecule has 0 aliphatic heterocycles. The van der Waals surface area contributed by atoms with Gasteiger partial charge in [-0.2, -0.15) is 0 Å². The van der Waals surface area contributed by atoms with E-state index < -0.39 is 17.9 Å². The lowest BCUT2D eigenvalue weighted by Crippen LogP contribution is -2.39. The lowest BCUT2D eigenvalue weighted by Gasteiger charge is -2.11. The highest BCUT2D eigenvalue weighted by atomic mass is 16.2. The summed E-state index contributed by atoms with van der Waals surface area (Å²) in [5, 5.41) is 5.42. The Hall–Kier alpha value is -2.41. The van der Waals surface area contributed by atoms with Crippen LogP contribution in [0, 0.1) is 0 Å². The van der Waals surface area contributed by atoms with Crippen molar-refractivity contribution in [3.63, 3.8) is 0 Å². The Balaban J connectivity index is 1.98. The van der Waals surface area contributed by atoms with Crippen LogP contribution in [0.1, 0.15) is 29.6 Å². The third-order valence-corrected chi connectivity index (χ3v) is 3.06. The smallest absolute Gasteiger partial charge is 0.251 e. The highest BCUT2D eigenvalue weighted by Crippen LogP contribution is 2.20. The van der Waals surface area contributed by atoms with Crippen LogP contribution < -0.4 is 22.1 Å². The van der Waals surface area contributed by atoms with Crippen molar-refractivity contribution >= 4 is 23.4 Å². The summed E-state index contributed by atoms with van der Waals surface area (Å²) in [4.78, 5) is 34.4. The maximum absolute atomic E-state index is 11.9. The van der Waals surface area contributed by atoms with Gasteiger partial charge in [0.15, 0.2) is 0 Å². The fraction of sp³-hybridized carbons (Fsp3) is 0.357. The predicted octanol–water partition coefficient (Wildman–Crippen LogP) is -0.280. The fourth-order valence-corrected chi connectivity index (χ4v) is 1.78. The summed E-state index contributed by atoms with van der Waals surface area (Å²) >= 11 is 0. The second-order valence-electron chi connectivity index (χ2n) is 5.09. The molecule has 3 amide bonds. The van der Waals surface area contributed by atoms with E-state index in [0.717, 1.165) is 12.8 Å². The number of nitrogens with one attached hydrogen (secondary N) is 2. The molecule has 1 aliphatic carbocycles. The van der Waals surface area contributed by atoms with E-state index in [1.54, 1.807) is 24.3 Å². The van der Waals surface area contributed by atoms with Crippen LogP contribution in [0.15, 0.2) is 24.3 Å². The van der Waals surface area contributed by atoms with Crippen LogP contribution in [0.5, 0.6) is 0 Å². The normalized spacial score (nSPS) is 15.1. The van der Waals surface area contributed by atoms with Gasteiger partial charge < -0.3 is 22.1 Å². The molecule has 0 spiro atoms. The molecule has 6 N–H and O–H groups in total. The third-order valence-electron chi connectivity index (χ3n) is 3.06. The molecule has 1 atom stereocenters. The molecule has 21 heavy (non-hydrogen) atoms. The highest BCUT2D eigenvalue weighted by molar-refractivity contribution is 5.99. The second-order valence-corrected chi connectivity index (χ2v) is 5.09. The first-order chi connectivity index (χ1) is 9.95. The predicted molar refractivity (Wildman–Crippen MR) is 77.3 cm³/mol. The first-order valence-electron chi connectivity index (χ1n) is 6.71. The van der Waals surface area contributed by atoms with E-state index in [2.05, 4.69) is 10.6 Å². The van der Waals surface area contributed by atoms with E-state index in [4.69, 9.17) is 11.5 Å². The number of carbonyl (C=O) groups excluding carboxylic acids is 3. The Morgan fingerprint density at radius 1 is 1.29 bits per heavy atom. The van der Waals surface area contributed by atoms with Crippen molar-refractivity contribution in [2.45, 2.75) is 31.3 Å². The van der Waals surface area contributed by atoms with Gasteiger partial charge in [0.25, 0.3) is 5.91 Å². The largest absolute Gasteiger partial charge is 0.370 e. The molecule has 0 aromatic heterocycles. The maximum atomic E-state index is 11.9. The first kappa shape index (κ1) is 15.0. The van der Waals surface area contributed by atoms with Crippen LogP contribution >= 0.6 is 0 Å². The number of benzene rings is 1. The molecule has 1 aliphatic rings. The van der Waals surface area contributed by atoms with Crippen molar-refractivity contribution < 1.29 is 14.4 Å². The fourth-order valence-electron chi connectivity index (χ4n) is 1.78. The van der Waals surface area contributed by atoms with Crippen molar-refractivity contribution in [3.05, 3.63) is 29.8 Å². The average Bonchev–Trinajstić information content (AvgIpc) is 3.22. The molecule has 0 bridgehead atoms. The number of carbonyl (C=O) groups is 3. The van der Waals surface area contributed by atoms with Gasteiger partial charge in [-0.05, 0) is 31.0 Å².